The van der Waals surface area contributed by atoms with Gasteiger partial charge in [-0.25, -0.2) is 8.78 Å². The predicted octanol–water partition coefficient (Wildman–Crippen LogP) is 3.43. The predicted molar refractivity (Wildman–Crippen MR) is 76.4 cm³/mol. The van der Waals surface area contributed by atoms with Gasteiger partial charge in [0.25, 0.3) is 0 Å². The van der Waals surface area contributed by atoms with E-state index in [1.165, 1.54) is 16.9 Å². The van der Waals surface area contributed by atoms with Gasteiger partial charge in [0.1, 0.15) is 11.6 Å². The van der Waals surface area contributed by atoms with Crippen molar-refractivity contribution >= 4 is 15.9 Å². The van der Waals surface area contributed by atoms with Crippen LogP contribution in [0.15, 0.2) is 46.9 Å². The van der Waals surface area contributed by atoms with Gasteiger partial charge in [0.2, 0.25) is 5.82 Å². The first-order chi connectivity index (χ1) is 10.1. The van der Waals surface area contributed by atoms with Gasteiger partial charge in [-0.05, 0) is 47.2 Å². The average molecular weight is 351 g/mol. The molecule has 0 radical (unpaired) electrons. The van der Waals surface area contributed by atoms with E-state index in [1.54, 1.807) is 0 Å². The number of tetrazole rings is 1. The Labute approximate surface area is 127 Å². The molecule has 0 bridgehead atoms. The molecule has 0 spiro atoms. The number of halogens is 3. The summed E-state index contributed by atoms with van der Waals surface area (Å²) in [5.74, 6) is -0.795. The number of aromatic nitrogens is 4. The van der Waals surface area contributed by atoms with Crippen LogP contribution >= 0.6 is 15.9 Å². The zero-order valence-corrected chi connectivity index (χ0v) is 12.3. The van der Waals surface area contributed by atoms with Crippen LogP contribution in [0.4, 0.5) is 8.78 Å². The molecule has 0 fully saturated rings. The lowest BCUT2D eigenvalue weighted by atomic mass is 10.2. The molecular weight excluding hydrogens is 342 g/mol. The summed E-state index contributed by atoms with van der Waals surface area (Å²) in [5.41, 5.74) is 1.25. The minimum Gasteiger partial charge on any atom is -0.207 e. The maximum Gasteiger partial charge on any atom is 0.204 e. The molecule has 106 valence electrons. The Kier molecular flexibility index (Phi) is 3.74. The summed E-state index contributed by atoms with van der Waals surface area (Å²) in [6.45, 7) is 0.151. The van der Waals surface area contributed by atoms with Crippen molar-refractivity contribution in [3.8, 4) is 11.4 Å². The minimum atomic E-state index is -0.627. The quantitative estimate of drug-likeness (QED) is 0.726. The van der Waals surface area contributed by atoms with Gasteiger partial charge < -0.3 is 0 Å². The van der Waals surface area contributed by atoms with E-state index in [0.29, 0.717) is 11.4 Å². The Balaban J connectivity index is 1.83. The molecule has 3 aromatic rings. The monoisotopic (exact) mass is 350 g/mol. The summed E-state index contributed by atoms with van der Waals surface area (Å²) in [4.78, 5) is 1.30. The highest BCUT2D eigenvalue weighted by molar-refractivity contribution is 9.10. The molecule has 2 aromatic carbocycles. The van der Waals surface area contributed by atoms with Crippen LogP contribution in [-0.4, -0.2) is 20.2 Å². The number of benzene rings is 2. The van der Waals surface area contributed by atoms with Crippen LogP contribution in [0.25, 0.3) is 11.4 Å². The van der Waals surface area contributed by atoms with Gasteiger partial charge in [-0.15, -0.1) is 10.2 Å². The number of rotatable bonds is 3. The maximum absolute atomic E-state index is 13.1. The lowest BCUT2D eigenvalue weighted by Gasteiger charge is -2.00. The van der Waals surface area contributed by atoms with Crippen molar-refractivity contribution < 1.29 is 8.78 Å². The van der Waals surface area contributed by atoms with Gasteiger partial charge in [0.05, 0.1) is 6.54 Å². The number of hydrogen-bond acceptors (Lipinski definition) is 3. The van der Waals surface area contributed by atoms with Crippen LogP contribution in [0.5, 0.6) is 0 Å². The first-order valence-corrected chi connectivity index (χ1v) is 6.88. The molecule has 0 aliphatic heterocycles. The van der Waals surface area contributed by atoms with Gasteiger partial charge in [-0.2, -0.15) is 4.80 Å². The Morgan fingerprint density at radius 3 is 2.33 bits per heavy atom. The number of nitrogens with zero attached hydrogens (tertiary/aromatic N) is 4. The second kappa shape index (κ2) is 5.69. The second-order valence-corrected chi connectivity index (χ2v) is 5.34. The Morgan fingerprint density at radius 2 is 1.67 bits per heavy atom. The van der Waals surface area contributed by atoms with Gasteiger partial charge in [0.15, 0.2) is 0 Å². The zero-order chi connectivity index (χ0) is 14.8. The molecule has 0 aliphatic rings. The van der Waals surface area contributed by atoms with Gasteiger partial charge in [0, 0.05) is 16.1 Å². The van der Waals surface area contributed by atoms with Crippen molar-refractivity contribution in [3.63, 3.8) is 0 Å². The van der Waals surface area contributed by atoms with E-state index in [4.69, 9.17) is 0 Å². The summed E-state index contributed by atoms with van der Waals surface area (Å²) < 4.78 is 27.2. The molecule has 0 saturated heterocycles. The fraction of sp³-hybridized carbons (Fsp3) is 0.0714. The highest BCUT2D eigenvalue weighted by atomic mass is 79.9. The molecule has 1 aromatic heterocycles. The molecule has 0 atom stereocenters. The number of hydrogen-bond donors (Lipinski definition) is 0. The molecule has 0 aliphatic carbocycles. The van der Waals surface area contributed by atoms with Crippen molar-refractivity contribution in [1.29, 1.82) is 0 Å². The Morgan fingerprint density at radius 1 is 1.00 bits per heavy atom. The summed E-state index contributed by atoms with van der Waals surface area (Å²) in [7, 11) is 0. The third kappa shape index (κ3) is 3.30. The second-order valence-electron chi connectivity index (χ2n) is 4.43. The summed E-state index contributed by atoms with van der Waals surface area (Å²) in [6, 6.07) is 10.8. The highest BCUT2D eigenvalue weighted by Gasteiger charge is 2.07. The molecular formula is C14H9BrF2N4. The van der Waals surface area contributed by atoms with E-state index >= 15 is 0 Å². The third-order valence-electron chi connectivity index (χ3n) is 2.80. The van der Waals surface area contributed by atoms with Crippen LogP contribution in [-0.2, 0) is 6.54 Å². The van der Waals surface area contributed by atoms with Gasteiger partial charge in [-0.1, -0.05) is 15.9 Å². The fourth-order valence-electron chi connectivity index (χ4n) is 1.89. The molecule has 3 rings (SSSR count). The lowest BCUT2D eigenvalue weighted by Crippen LogP contribution is -2.04. The Hall–Kier alpha value is -2.15. The Bertz CT molecular complexity index is 751. The van der Waals surface area contributed by atoms with Crippen molar-refractivity contribution in [2.75, 3.05) is 0 Å². The maximum atomic E-state index is 13.1. The van der Waals surface area contributed by atoms with E-state index in [2.05, 4.69) is 31.3 Å². The van der Waals surface area contributed by atoms with E-state index in [-0.39, 0.29) is 6.54 Å². The molecule has 0 saturated carbocycles. The highest BCUT2D eigenvalue weighted by Crippen LogP contribution is 2.17. The standard InChI is InChI=1S/C14H9BrF2N4/c15-11-3-1-10(2-4-11)14-18-20-21(19-14)8-9-5-12(16)7-13(17)6-9/h1-7H,8H2. The van der Waals surface area contributed by atoms with E-state index < -0.39 is 11.6 Å². The topological polar surface area (TPSA) is 43.6 Å². The molecule has 1 heterocycles. The average Bonchev–Trinajstić information content (AvgIpc) is 2.87. The lowest BCUT2D eigenvalue weighted by molar-refractivity contribution is 0.551. The van der Waals surface area contributed by atoms with E-state index in [1.807, 2.05) is 24.3 Å². The van der Waals surface area contributed by atoms with E-state index in [9.17, 15) is 8.78 Å². The smallest absolute Gasteiger partial charge is 0.204 e. The van der Waals surface area contributed by atoms with Crippen LogP contribution in [0, 0.1) is 11.6 Å². The van der Waals surface area contributed by atoms with Crippen LogP contribution < -0.4 is 0 Å². The first-order valence-electron chi connectivity index (χ1n) is 6.09. The summed E-state index contributed by atoms with van der Waals surface area (Å²) in [6.07, 6.45) is 0. The minimum absolute atomic E-state index is 0.151. The normalized spacial score (nSPS) is 10.8. The summed E-state index contributed by atoms with van der Waals surface area (Å²) in [5, 5.41) is 12.0. The first kappa shape index (κ1) is 13.8. The SMILES string of the molecule is Fc1cc(F)cc(Cn2nnc(-c3ccc(Br)cc3)n2)c1. The van der Waals surface area contributed by atoms with Crippen LogP contribution in [0.1, 0.15) is 5.56 Å². The van der Waals surface area contributed by atoms with Crippen molar-refractivity contribution in [1.82, 2.24) is 20.2 Å². The molecule has 0 N–H and O–H groups in total. The zero-order valence-electron chi connectivity index (χ0n) is 10.7. The van der Waals surface area contributed by atoms with Crippen molar-refractivity contribution in [2.45, 2.75) is 6.54 Å². The molecule has 0 amide bonds. The van der Waals surface area contributed by atoms with Crippen molar-refractivity contribution in [2.24, 2.45) is 0 Å². The summed E-state index contributed by atoms with van der Waals surface area (Å²) >= 11 is 3.35. The fourth-order valence-corrected chi connectivity index (χ4v) is 2.15. The third-order valence-corrected chi connectivity index (χ3v) is 3.33. The molecule has 4 nitrogen and oxygen atoms in total. The van der Waals surface area contributed by atoms with E-state index in [0.717, 1.165) is 16.1 Å². The van der Waals surface area contributed by atoms with Gasteiger partial charge in [-0.3, -0.25) is 0 Å². The largest absolute Gasteiger partial charge is 0.207 e. The molecule has 7 heteroatoms. The molecule has 0 unspecified atom stereocenters. The molecule has 21 heavy (non-hydrogen) atoms. The van der Waals surface area contributed by atoms with Gasteiger partial charge >= 0.3 is 0 Å². The van der Waals surface area contributed by atoms with Crippen LogP contribution in [0.2, 0.25) is 0 Å². The van der Waals surface area contributed by atoms with Crippen molar-refractivity contribution in [3.05, 3.63) is 64.1 Å². The van der Waals surface area contributed by atoms with Crippen LogP contribution in [0.3, 0.4) is 0 Å².